The molecule has 1 fully saturated rings. The molecule has 0 bridgehead atoms. The summed E-state index contributed by atoms with van der Waals surface area (Å²) in [6.45, 7) is 1.50. The normalized spacial score (nSPS) is 19.9. The molecular formula is C9H16N2O2. The van der Waals surface area contributed by atoms with Crippen LogP contribution < -0.4 is 5.32 Å². The first-order valence-corrected chi connectivity index (χ1v) is 4.73. The maximum Gasteiger partial charge on any atom is 0.268 e. The van der Waals surface area contributed by atoms with E-state index in [1.54, 1.807) is 0 Å². The zero-order valence-corrected chi connectivity index (χ0v) is 7.92. The van der Waals surface area contributed by atoms with Gasteiger partial charge < -0.3 is 10.5 Å². The first-order valence-electron chi connectivity index (χ1n) is 4.73. The molecule has 0 saturated heterocycles. The number of carbonyl (C=O) groups excluding carboxylic acids is 1. The van der Waals surface area contributed by atoms with Crippen LogP contribution in [-0.4, -0.2) is 22.9 Å². The number of hydrogen-bond acceptors (Lipinski definition) is 3. The SMILES string of the molecule is C/C(=N\O)C(=O)NC1CCCCC1. The van der Waals surface area contributed by atoms with Crippen LogP contribution in [-0.2, 0) is 4.79 Å². The predicted molar refractivity (Wildman–Crippen MR) is 49.9 cm³/mol. The van der Waals surface area contributed by atoms with E-state index >= 15 is 0 Å². The van der Waals surface area contributed by atoms with Crippen molar-refractivity contribution in [2.24, 2.45) is 5.16 Å². The van der Waals surface area contributed by atoms with Crippen molar-refractivity contribution in [3.05, 3.63) is 0 Å². The summed E-state index contributed by atoms with van der Waals surface area (Å²) in [6, 6.07) is 0.276. The average molecular weight is 184 g/mol. The van der Waals surface area contributed by atoms with Gasteiger partial charge in [0.2, 0.25) is 0 Å². The highest BCUT2D eigenvalue weighted by Crippen LogP contribution is 2.17. The third kappa shape index (κ3) is 3.05. The van der Waals surface area contributed by atoms with Gasteiger partial charge in [0.15, 0.2) is 0 Å². The van der Waals surface area contributed by atoms with Crippen molar-refractivity contribution in [2.45, 2.75) is 45.1 Å². The lowest BCUT2D eigenvalue weighted by atomic mass is 9.95. The van der Waals surface area contributed by atoms with Gasteiger partial charge in [0.25, 0.3) is 5.91 Å². The fourth-order valence-electron chi connectivity index (χ4n) is 1.58. The molecule has 0 aliphatic heterocycles. The van der Waals surface area contributed by atoms with E-state index in [0.717, 1.165) is 12.8 Å². The molecule has 13 heavy (non-hydrogen) atoms. The van der Waals surface area contributed by atoms with Crippen LogP contribution in [0.5, 0.6) is 0 Å². The average Bonchev–Trinajstić information content (AvgIpc) is 2.18. The highest BCUT2D eigenvalue weighted by molar-refractivity contribution is 6.37. The smallest absolute Gasteiger partial charge is 0.268 e. The Hall–Kier alpha value is -1.06. The zero-order chi connectivity index (χ0) is 9.68. The first-order chi connectivity index (χ1) is 6.24. The summed E-state index contributed by atoms with van der Waals surface area (Å²) < 4.78 is 0. The molecule has 0 spiro atoms. The van der Waals surface area contributed by atoms with Gasteiger partial charge >= 0.3 is 0 Å². The van der Waals surface area contributed by atoms with Crippen LogP contribution in [0.1, 0.15) is 39.0 Å². The van der Waals surface area contributed by atoms with Crippen molar-refractivity contribution in [3.8, 4) is 0 Å². The maximum absolute atomic E-state index is 11.2. The minimum atomic E-state index is -0.255. The van der Waals surface area contributed by atoms with Crippen LogP contribution in [0.4, 0.5) is 0 Å². The number of carbonyl (C=O) groups is 1. The molecule has 0 aromatic rings. The molecule has 0 aromatic heterocycles. The molecule has 1 aliphatic carbocycles. The summed E-state index contributed by atoms with van der Waals surface area (Å²) in [5.74, 6) is -0.255. The zero-order valence-electron chi connectivity index (χ0n) is 7.92. The fourth-order valence-corrected chi connectivity index (χ4v) is 1.58. The van der Waals surface area contributed by atoms with E-state index in [-0.39, 0.29) is 17.7 Å². The molecule has 1 rings (SSSR count). The van der Waals surface area contributed by atoms with Crippen molar-refractivity contribution >= 4 is 11.6 Å². The van der Waals surface area contributed by atoms with Gasteiger partial charge in [-0.3, -0.25) is 4.79 Å². The molecule has 0 unspecified atom stereocenters. The van der Waals surface area contributed by atoms with Crippen LogP contribution in [0, 0.1) is 0 Å². The second kappa shape index (κ2) is 4.84. The molecule has 1 aliphatic rings. The summed E-state index contributed by atoms with van der Waals surface area (Å²) in [4.78, 5) is 11.2. The third-order valence-electron chi connectivity index (χ3n) is 2.42. The van der Waals surface area contributed by atoms with Gasteiger partial charge in [0.1, 0.15) is 5.71 Å². The largest absolute Gasteiger partial charge is 0.410 e. The molecule has 0 radical (unpaired) electrons. The van der Waals surface area contributed by atoms with Crippen molar-refractivity contribution in [1.82, 2.24) is 5.32 Å². The highest BCUT2D eigenvalue weighted by Gasteiger charge is 2.16. The molecular weight excluding hydrogens is 168 g/mol. The van der Waals surface area contributed by atoms with Crippen LogP contribution in [0.2, 0.25) is 0 Å². The fraction of sp³-hybridized carbons (Fsp3) is 0.778. The van der Waals surface area contributed by atoms with Gasteiger partial charge in [-0.15, -0.1) is 0 Å². The molecule has 0 aromatic carbocycles. The lowest BCUT2D eigenvalue weighted by Gasteiger charge is -2.22. The standard InChI is InChI=1S/C9H16N2O2/c1-7(11-13)9(12)10-8-5-3-2-4-6-8/h8,13H,2-6H2,1H3,(H,10,12)/b11-7+. The van der Waals surface area contributed by atoms with Crippen LogP contribution in [0.25, 0.3) is 0 Å². The monoisotopic (exact) mass is 184 g/mol. The summed E-state index contributed by atoms with van der Waals surface area (Å²) in [5, 5.41) is 14.1. The van der Waals surface area contributed by atoms with Crippen molar-refractivity contribution < 1.29 is 10.0 Å². The Balaban J connectivity index is 2.34. The van der Waals surface area contributed by atoms with Gasteiger partial charge in [0.05, 0.1) is 0 Å². The molecule has 0 heterocycles. The van der Waals surface area contributed by atoms with Crippen LogP contribution in [0.3, 0.4) is 0 Å². The highest BCUT2D eigenvalue weighted by atomic mass is 16.4. The van der Waals surface area contributed by atoms with E-state index < -0.39 is 0 Å². The number of rotatable bonds is 2. The van der Waals surface area contributed by atoms with Crippen molar-refractivity contribution in [2.75, 3.05) is 0 Å². The molecule has 74 valence electrons. The van der Waals surface area contributed by atoms with E-state index in [0.29, 0.717) is 0 Å². The Kier molecular flexibility index (Phi) is 3.73. The van der Waals surface area contributed by atoms with Crippen molar-refractivity contribution in [3.63, 3.8) is 0 Å². The lowest BCUT2D eigenvalue weighted by Crippen LogP contribution is -2.39. The number of oxime groups is 1. The van der Waals surface area contributed by atoms with Gasteiger partial charge in [0, 0.05) is 6.04 Å². The Morgan fingerprint density at radius 2 is 2.00 bits per heavy atom. The number of nitrogens with one attached hydrogen (secondary N) is 1. The van der Waals surface area contributed by atoms with E-state index in [2.05, 4.69) is 10.5 Å². The summed E-state index contributed by atoms with van der Waals surface area (Å²) in [5.41, 5.74) is 0.130. The molecule has 4 nitrogen and oxygen atoms in total. The molecule has 0 atom stereocenters. The second-order valence-corrected chi connectivity index (χ2v) is 3.49. The predicted octanol–water partition coefficient (Wildman–Crippen LogP) is 1.29. The Bertz CT molecular complexity index is 208. The van der Waals surface area contributed by atoms with Crippen LogP contribution in [0.15, 0.2) is 5.16 Å². The van der Waals surface area contributed by atoms with Crippen molar-refractivity contribution in [1.29, 1.82) is 0 Å². The number of amides is 1. The lowest BCUT2D eigenvalue weighted by molar-refractivity contribution is -0.115. The van der Waals surface area contributed by atoms with E-state index in [9.17, 15) is 4.79 Å². The molecule has 2 N–H and O–H groups in total. The first kappa shape index (κ1) is 10.0. The number of hydrogen-bond donors (Lipinski definition) is 2. The van der Waals surface area contributed by atoms with E-state index in [1.807, 2.05) is 0 Å². The maximum atomic E-state index is 11.2. The van der Waals surface area contributed by atoms with E-state index in [1.165, 1.54) is 26.2 Å². The van der Waals surface area contributed by atoms with Gasteiger partial charge in [-0.1, -0.05) is 24.4 Å². The Morgan fingerprint density at radius 1 is 1.38 bits per heavy atom. The summed E-state index contributed by atoms with van der Waals surface area (Å²) in [7, 11) is 0. The molecule has 1 saturated carbocycles. The minimum absolute atomic E-state index is 0.130. The van der Waals surface area contributed by atoms with Crippen LogP contribution >= 0.6 is 0 Å². The number of nitrogens with zero attached hydrogens (tertiary/aromatic N) is 1. The quantitative estimate of drug-likeness (QED) is 0.386. The molecule has 4 heteroatoms. The van der Waals surface area contributed by atoms with Gasteiger partial charge in [-0.2, -0.15) is 0 Å². The van der Waals surface area contributed by atoms with E-state index in [4.69, 9.17) is 5.21 Å². The Morgan fingerprint density at radius 3 is 2.54 bits per heavy atom. The third-order valence-corrected chi connectivity index (χ3v) is 2.42. The minimum Gasteiger partial charge on any atom is -0.410 e. The van der Waals surface area contributed by atoms with Gasteiger partial charge in [-0.05, 0) is 19.8 Å². The summed E-state index contributed by atoms with van der Waals surface area (Å²) >= 11 is 0. The molecule has 1 amide bonds. The Labute approximate surface area is 78.0 Å². The topological polar surface area (TPSA) is 61.7 Å². The second-order valence-electron chi connectivity index (χ2n) is 3.49. The summed E-state index contributed by atoms with van der Waals surface area (Å²) in [6.07, 6.45) is 5.72. The van der Waals surface area contributed by atoms with Gasteiger partial charge in [-0.25, -0.2) is 0 Å².